The minimum atomic E-state index is -0.469. The molecule has 0 atom stereocenters. The molecule has 6 heteroatoms. The zero-order chi connectivity index (χ0) is 18.8. The number of rotatable bonds is 4. The summed E-state index contributed by atoms with van der Waals surface area (Å²) in [6.45, 7) is 2.03. The topological polar surface area (TPSA) is 82.5 Å². The highest BCUT2D eigenvalue weighted by atomic mass is 16.5. The van der Waals surface area contributed by atoms with Crippen molar-refractivity contribution in [2.24, 2.45) is 0 Å². The number of carbonyl (C=O) groups excluding carboxylic acids is 1. The summed E-state index contributed by atoms with van der Waals surface area (Å²) in [6.07, 6.45) is 0. The smallest absolute Gasteiger partial charge is 0.344 e. The molecule has 0 saturated carbocycles. The number of aromatic nitrogens is 3. The second-order valence-electron chi connectivity index (χ2n) is 5.98. The molecule has 0 fully saturated rings. The van der Waals surface area contributed by atoms with Crippen LogP contribution in [-0.4, -0.2) is 27.2 Å². The maximum absolute atomic E-state index is 12.7. The van der Waals surface area contributed by atoms with Crippen molar-refractivity contribution in [1.29, 1.82) is 0 Å². The number of carbonyl (C=O) groups is 1. The Morgan fingerprint density at radius 3 is 2.30 bits per heavy atom. The molecule has 4 rings (SSSR count). The first-order valence-electron chi connectivity index (χ1n) is 8.66. The van der Waals surface area contributed by atoms with Crippen LogP contribution in [0.4, 0.5) is 5.82 Å². The van der Waals surface area contributed by atoms with Gasteiger partial charge in [-0.2, -0.15) is 9.61 Å². The van der Waals surface area contributed by atoms with Crippen LogP contribution in [0.2, 0.25) is 0 Å². The SMILES string of the molecule is CCOC(=O)c1c(-c2ccccc2)nn2c(N)cc(-c3ccccc3)nc12. The average Bonchev–Trinajstić information content (AvgIpc) is 3.10. The molecule has 0 radical (unpaired) electrons. The molecule has 0 saturated heterocycles. The molecule has 0 bridgehead atoms. The van der Waals surface area contributed by atoms with E-state index in [2.05, 4.69) is 10.1 Å². The second-order valence-corrected chi connectivity index (χ2v) is 5.98. The normalized spacial score (nSPS) is 10.9. The molecule has 2 heterocycles. The van der Waals surface area contributed by atoms with E-state index in [0.717, 1.165) is 11.1 Å². The molecule has 0 aliphatic carbocycles. The van der Waals surface area contributed by atoms with Crippen molar-refractivity contribution in [3.63, 3.8) is 0 Å². The molecule has 2 N–H and O–H groups in total. The molecule has 0 amide bonds. The van der Waals surface area contributed by atoms with Crippen molar-refractivity contribution in [2.75, 3.05) is 12.3 Å². The Bertz CT molecular complexity index is 1110. The highest BCUT2D eigenvalue weighted by molar-refractivity contribution is 6.03. The van der Waals surface area contributed by atoms with Crippen molar-refractivity contribution in [3.05, 3.63) is 72.3 Å². The molecule has 0 unspecified atom stereocenters. The van der Waals surface area contributed by atoms with Gasteiger partial charge in [0.05, 0.1) is 12.3 Å². The molecule has 27 heavy (non-hydrogen) atoms. The van der Waals surface area contributed by atoms with Crippen LogP contribution in [0, 0.1) is 0 Å². The summed E-state index contributed by atoms with van der Waals surface area (Å²) >= 11 is 0. The van der Waals surface area contributed by atoms with Gasteiger partial charge in [-0.1, -0.05) is 60.7 Å². The lowest BCUT2D eigenvalue weighted by atomic mass is 10.1. The van der Waals surface area contributed by atoms with Crippen LogP contribution in [0.3, 0.4) is 0 Å². The van der Waals surface area contributed by atoms with Crippen LogP contribution < -0.4 is 5.73 Å². The van der Waals surface area contributed by atoms with E-state index in [9.17, 15) is 4.79 Å². The van der Waals surface area contributed by atoms with Gasteiger partial charge in [-0.05, 0) is 6.92 Å². The predicted molar refractivity (Wildman–Crippen MR) is 104 cm³/mol. The Balaban J connectivity index is 2.00. The van der Waals surface area contributed by atoms with E-state index in [1.807, 2.05) is 60.7 Å². The number of hydrogen-bond donors (Lipinski definition) is 1. The lowest BCUT2D eigenvalue weighted by Crippen LogP contribution is -2.07. The van der Waals surface area contributed by atoms with E-state index in [4.69, 9.17) is 10.5 Å². The Morgan fingerprint density at radius 1 is 1.04 bits per heavy atom. The zero-order valence-corrected chi connectivity index (χ0v) is 14.8. The third-order valence-corrected chi connectivity index (χ3v) is 4.21. The molecule has 0 aliphatic rings. The standard InChI is InChI=1S/C21H18N4O2/c1-2-27-21(26)18-19(15-11-7-4-8-12-15)24-25-17(22)13-16(23-20(18)25)14-9-5-3-6-10-14/h3-13H,2,22H2,1H3. The van der Waals surface area contributed by atoms with E-state index in [0.29, 0.717) is 28.4 Å². The fraction of sp³-hybridized carbons (Fsp3) is 0.0952. The number of ether oxygens (including phenoxy) is 1. The molecule has 2 aromatic heterocycles. The summed E-state index contributed by atoms with van der Waals surface area (Å²) in [5.41, 5.74) is 9.81. The number of nitrogen functional groups attached to an aromatic ring is 1. The third-order valence-electron chi connectivity index (χ3n) is 4.21. The van der Waals surface area contributed by atoms with Crippen molar-refractivity contribution in [3.8, 4) is 22.5 Å². The van der Waals surface area contributed by atoms with Gasteiger partial charge in [0, 0.05) is 17.2 Å². The van der Waals surface area contributed by atoms with Crippen LogP contribution in [0.5, 0.6) is 0 Å². The summed E-state index contributed by atoms with van der Waals surface area (Å²) in [5.74, 6) is -0.0740. The van der Waals surface area contributed by atoms with Gasteiger partial charge in [0.1, 0.15) is 17.1 Å². The van der Waals surface area contributed by atoms with E-state index >= 15 is 0 Å². The largest absolute Gasteiger partial charge is 0.462 e. The van der Waals surface area contributed by atoms with Crippen LogP contribution in [0.1, 0.15) is 17.3 Å². The maximum Gasteiger partial charge on any atom is 0.344 e. The summed E-state index contributed by atoms with van der Waals surface area (Å²) in [6, 6.07) is 20.9. The van der Waals surface area contributed by atoms with Gasteiger partial charge in [0.15, 0.2) is 5.65 Å². The summed E-state index contributed by atoms with van der Waals surface area (Å²) in [5, 5.41) is 4.55. The summed E-state index contributed by atoms with van der Waals surface area (Å²) in [7, 11) is 0. The minimum Gasteiger partial charge on any atom is -0.462 e. The van der Waals surface area contributed by atoms with E-state index in [-0.39, 0.29) is 6.61 Å². The third kappa shape index (κ3) is 3.01. The van der Waals surface area contributed by atoms with Gasteiger partial charge in [-0.25, -0.2) is 9.78 Å². The number of nitrogens with zero attached hydrogens (tertiary/aromatic N) is 3. The first-order valence-corrected chi connectivity index (χ1v) is 8.66. The molecule has 4 aromatic rings. The quantitative estimate of drug-likeness (QED) is 0.561. The first kappa shape index (κ1) is 16.8. The number of benzene rings is 2. The van der Waals surface area contributed by atoms with Crippen LogP contribution in [0.15, 0.2) is 66.7 Å². The average molecular weight is 358 g/mol. The zero-order valence-electron chi connectivity index (χ0n) is 14.8. The molecule has 0 aliphatic heterocycles. The van der Waals surface area contributed by atoms with Crippen LogP contribution >= 0.6 is 0 Å². The number of esters is 1. The fourth-order valence-corrected chi connectivity index (χ4v) is 2.99. The van der Waals surface area contributed by atoms with Crippen LogP contribution in [0.25, 0.3) is 28.2 Å². The van der Waals surface area contributed by atoms with Gasteiger partial charge in [0.25, 0.3) is 0 Å². The molecular formula is C21H18N4O2. The Labute approximate surface area is 156 Å². The highest BCUT2D eigenvalue weighted by Crippen LogP contribution is 2.29. The van der Waals surface area contributed by atoms with Gasteiger partial charge < -0.3 is 10.5 Å². The van der Waals surface area contributed by atoms with Gasteiger partial charge in [0.2, 0.25) is 0 Å². The summed E-state index contributed by atoms with van der Waals surface area (Å²) < 4.78 is 6.76. The first-order chi connectivity index (χ1) is 13.2. The molecular weight excluding hydrogens is 340 g/mol. The molecule has 0 spiro atoms. The summed E-state index contributed by atoms with van der Waals surface area (Å²) in [4.78, 5) is 17.4. The lowest BCUT2D eigenvalue weighted by molar-refractivity contribution is 0.0529. The predicted octanol–water partition coefficient (Wildman–Crippen LogP) is 3.82. The van der Waals surface area contributed by atoms with Gasteiger partial charge in [-0.15, -0.1) is 0 Å². The number of nitrogens with two attached hydrogens (primary N) is 1. The minimum absolute atomic E-state index is 0.262. The van der Waals surface area contributed by atoms with Crippen molar-refractivity contribution < 1.29 is 9.53 Å². The second kappa shape index (κ2) is 6.92. The number of hydrogen-bond acceptors (Lipinski definition) is 5. The number of fused-ring (bicyclic) bond motifs is 1. The Morgan fingerprint density at radius 2 is 1.67 bits per heavy atom. The van der Waals surface area contributed by atoms with Crippen molar-refractivity contribution in [2.45, 2.75) is 6.92 Å². The van der Waals surface area contributed by atoms with Crippen molar-refractivity contribution in [1.82, 2.24) is 14.6 Å². The van der Waals surface area contributed by atoms with E-state index < -0.39 is 5.97 Å². The van der Waals surface area contributed by atoms with E-state index in [1.165, 1.54) is 4.52 Å². The van der Waals surface area contributed by atoms with E-state index in [1.54, 1.807) is 13.0 Å². The van der Waals surface area contributed by atoms with Gasteiger partial charge in [-0.3, -0.25) is 0 Å². The Kier molecular flexibility index (Phi) is 4.30. The van der Waals surface area contributed by atoms with Crippen molar-refractivity contribution >= 4 is 17.4 Å². The fourth-order valence-electron chi connectivity index (χ4n) is 2.99. The number of anilines is 1. The molecule has 134 valence electrons. The molecule has 2 aromatic carbocycles. The van der Waals surface area contributed by atoms with Gasteiger partial charge >= 0.3 is 5.97 Å². The van der Waals surface area contributed by atoms with Crippen LogP contribution in [-0.2, 0) is 4.74 Å². The maximum atomic E-state index is 12.7. The highest BCUT2D eigenvalue weighted by Gasteiger charge is 2.25. The monoisotopic (exact) mass is 358 g/mol. The Hall–Kier alpha value is -3.67. The molecule has 6 nitrogen and oxygen atoms in total. The lowest BCUT2D eigenvalue weighted by Gasteiger charge is -2.06.